The quantitative estimate of drug-likeness (QED) is 0.907. The fourth-order valence-corrected chi connectivity index (χ4v) is 3.80. The van der Waals surface area contributed by atoms with Gasteiger partial charge in [0.1, 0.15) is 0 Å². The summed E-state index contributed by atoms with van der Waals surface area (Å²) in [6.07, 6.45) is 4.92. The number of nitrogens with zero attached hydrogens (tertiary/aromatic N) is 1. The Balaban J connectivity index is 2.30. The molecule has 1 N–H and O–H groups in total. The van der Waals surface area contributed by atoms with Crippen molar-refractivity contribution in [2.24, 2.45) is 0 Å². The van der Waals surface area contributed by atoms with E-state index in [0.29, 0.717) is 10.9 Å². The summed E-state index contributed by atoms with van der Waals surface area (Å²) in [6.45, 7) is 6.14. The molecule has 1 aliphatic heterocycles. The number of sulfone groups is 1. The number of benzene rings is 1. The monoisotopic (exact) mass is 310 g/mol. The first kappa shape index (κ1) is 16.3. The number of hydrogen-bond acceptors (Lipinski definition) is 4. The Labute approximate surface area is 128 Å². The number of rotatable bonds is 5. The summed E-state index contributed by atoms with van der Waals surface area (Å²) in [6, 6.07) is 8.02. The van der Waals surface area contributed by atoms with Gasteiger partial charge in [-0.2, -0.15) is 0 Å². The minimum Gasteiger partial charge on any atom is -0.366 e. The van der Waals surface area contributed by atoms with Gasteiger partial charge in [-0.15, -0.1) is 0 Å². The molecule has 0 amide bonds. The van der Waals surface area contributed by atoms with Gasteiger partial charge >= 0.3 is 0 Å². The van der Waals surface area contributed by atoms with E-state index in [9.17, 15) is 8.42 Å². The van der Waals surface area contributed by atoms with Crippen LogP contribution in [0.5, 0.6) is 0 Å². The number of nitrogens with one attached hydrogen (secondary N) is 1. The molecular weight excluding hydrogens is 284 g/mol. The van der Waals surface area contributed by atoms with Crippen LogP contribution >= 0.6 is 0 Å². The van der Waals surface area contributed by atoms with E-state index in [-0.39, 0.29) is 6.04 Å². The Morgan fingerprint density at radius 2 is 2.00 bits per heavy atom. The van der Waals surface area contributed by atoms with E-state index in [2.05, 4.69) is 24.1 Å². The third-order valence-electron chi connectivity index (χ3n) is 4.03. The predicted octanol–water partition coefficient (Wildman–Crippen LogP) is 2.45. The highest BCUT2D eigenvalue weighted by Crippen LogP contribution is 2.27. The molecule has 0 radical (unpaired) electrons. The van der Waals surface area contributed by atoms with Gasteiger partial charge in [0.05, 0.1) is 10.6 Å². The summed E-state index contributed by atoms with van der Waals surface area (Å²) in [5.41, 5.74) is 0.822. The Hall–Kier alpha value is -1.07. The van der Waals surface area contributed by atoms with Crippen LogP contribution in [0.4, 0.5) is 5.69 Å². The first-order chi connectivity index (χ1) is 9.89. The van der Waals surface area contributed by atoms with Crippen molar-refractivity contribution in [1.29, 1.82) is 0 Å². The van der Waals surface area contributed by atoms with Crippen LogP contribution in [0, 0.1) is 0 Å². The third kappa shape index (κ3) is 4.20. The van der Waals surface area contributed by atoms with Gasteiger partial charge in [0.15, 0.2) is 9.84 Å². The molecular formula is C16H26N2O2S. The van der Waals surface area contributed by atoms with Gasteiger partial charge in [0, 0.05) is 24.9 Å². The molecule has 1 fully saturated rings. The maximum Gasteiger partial charge on any atom is 0.177 e. The van der Waals surface area contributed by atoms with Gasteiger partial charge in [-0.3, -0.25) is 0 Å². The molecule has 1 heterocycles. The van der Waals surface area contributed by atoms with Crippen LogP contribution in [-0.4, -0.2) is 39.8 Å². The van der Waals surface area contributed by atoms with E-state index < -0.39 is 9.84 Å². The van der Waals surface area contributed by atoms with Crippen LogP contribution in [0.15, 0.2) is 29.2 Å². The van der Waals surface area contributed by atoms with Gasteiger partial charge in [-0.25, -0.2) is 8.42 Å². The van der Waals surface area contributed by atoms with Crippen molar-refractivity contribution < 1.29 is 8.42 Å². The van der Waals surface area contributed by atoms with E-state index in [0.717, 1.165) is 25.2 Å². The molecule has 0 saturated carbocycles. The van der Waals surface area contributed by atoms with Crippen molar-refractivity contribution >= 4 is 15.5 Å². The maximum absolute atomic E-state index is 12.0. The van der Waals surface area contributed by atoms with Crippen molar-refractivity contribution in [2.75, 3.05) is 24.2 Å². The summed E-state index contributed by atoms with van der Waals surface area (Å²) >= 11 is 0. The molecule has 1 aromatic carbocycles. The first-order valence-electron chi connectivity index (χ1n) is 7.68. The molecule has 1 atom stereocenters. The van der Waals surface area contributed by atoms with Crippen LogP contribution in [0.3, 0.4) is 0 Å². The summed E-state index contributed by atoms with van der Waals surface area (Å²) in [7, 11) is -3.21. The standard InChI is InChI=1S/C16H26N2O2S/c1-13(2)18(12-14-8-6-7-11-17-14)15-9-4-5-10-16(15)21(3,19)20/h4-5,9-10,13-14,17H,6-8,11-12H2,1-3H3. The zero-order valence-electron chi connectivity index (χ0n) is 13.2. The van der Waals surface area contributed by atoms with Crippen molar-refractivity contribution in [3.63, 3.8) is 0 Å². The molecule has 5 heteroatoms. The molecule has 2 rings (SSSR count). The van der Waals surface area contributed by atoms with Gasteiger partial charge in [0.2, 0.25) is 0 Å². The number of para-hydroxylation sites is 1. The molecule has 1 aromatic rings. The van der Waals surface area contributed by atoms with Crippen molar-refractivity contribution in [1.82, 2.24) is 5.32 Å². The van der Waals surface area contributed by atoms with E-state index in [1.165, 1.54) is 19.1 Å². The van der Waals surface area contributed by atoms with E-state index in [1.54, 1.807) is 12.1 Å². The zero-order chi connectivity index (χ0) is 15.5. The van der Waals surface area contributed by atoms with Gasteiger partial charge in [-0.05, 0) is 45.4 Å². The SMILES string of the molecule is CC(C)N(CC1CCCCN1)c1ccccc1S(C)(=O)=O. The lowest BCUT2D eigenvalue weighted by atomic mass is 10.0. The Bertz CT molecular complexity index is 563. The second-order valence-electron chi connectivity index (χ2n) is 6.13. The summed E-state index contributed by atoms with van der Waals surface area (Å²) in [5, 5.41) is 3.54. The smallest absolute Gasteiger partial charge is 0.177 e. The van der Waals surface area contributed by atoms with E-state index in [1.807, 2.05) is 12.1 Å². The highest BCUT2D eigenvalue weighted by atomic mass is 32.2. The number of anilines is 1. The molecule has 1 saturated heterocycles. The minimum atomic E-state index is -3.21. The minimum absolute atomic E-state index is 0.261. The second kappa shape index (κ2) is 6.79. The molecule has 0 aromatic heterocycles. The highest BCUT2D eigenvalue weighted by molar-refractivity contribution is 7.90. The average Bonchev–Trinajstić information content (AvgIpc) is 2.45. The van der Waals surface area contributed by atoms with Crippen LogP contribution in [0.25, 0.3) is 0 Å². The lowest BCUT2D eigenvalue weighted by molar-refractivity contribution is 0.393. The lowest BCUT2D eigenvalue weighted by Crippen LogP contribution is -2.46. The number of hydrogen-bond donors (Lipinski definition) is 1. The van der Waals surface area contributed by atoms with Crippen molar-refractivity contribution in [3.05, 3.63) is 24.3 Å². The molecule has 1 aliphatic rings. The van der Waals surface area contributed by atoms with Gasteiger partial charge in [-0.1, -0.05) is 18.6 Å². The summed E-state index contributed by atoms with van der Waals surface area (Å²) in [5.74, 6) is 0. The summed E-state index contributed by atoms with van der Waals surface area (Å²) < 4.78 is 24.1. The Morgan fingerprint density at radius 1 is 1.29 bits per heavy atom. The summed E-state index contributed by atoms with van der Waals surface area (Å²) in [4.78, 5) is 2.63. The van der Waals surface area contributed by atoms with Crippen LogP contribution in [0.1, 0.15) is 33.1 Å². The van der Waals surface area contributed by atoms with Crippen LogP contribution in [0.2, 0.25) is 0 Å². The van der Waals surface area contributed by atoms with E-state index in [4.69, 9.17) is 0 Å². The van der Waals surface area contributed by atoms with Crippen LogP contribution in [-0.2, 0) is 9.84 Å². The zero-order valence-corrected chi connectivity index (χ0v) is 14.0. The first-order valence-corrected chi connectivity index (χ1v) is 9.58. The number of piperidine rings is 1. The van der Waals surface area contributed by atoms with Crippen molar-refractivity contribution in [2.45, 2.75) is 50.1 Å². The largest absolute Gasteiger partial charge is 0.366 e. The van der Waals surface area contributed by atoms with Gasteiger partial charge < -0.3 is 10.2 Å². The molecule has 21 heavy (non-hydrogen) atoms. The average molecular weight is 310 g/mol. The van der Waals surface area contributed by atoms with Crippen molar-refractivity contribution in [3.8, 4) is 0 Å². The van der Waals surface area contributed by atoms with Crippen LogP contribution < -0.4 is 10.2 Å². The molecule has 0 bridgehead atoms. The fourth-order valence-electron chi connectivity index (χ4n) is 2.91. The maximum atomic E-state index is 12.0. The Kier molecular flexibility index (Phi) is 5.27. The van der Waals surface area contributed by atoms with Gasteiger partial charge in [0.25, 0.3) is 0 Å². The second-order valence-corrected chi connectivity index (χ2v) is 8.12. The van der Waals surface area contributed by atoms with E-state index >= 15 is 0 Å². The molecule has 0 aliphatic carbocycles. The Morgan fingerprint density at radius 3 is 2.57 bits per heavy atom. The molecule has 4 nitrogen and oxygen atoms in total. The third-order valence-corrected chi connectivity index (χ3v) is 5.17. The molecule has 118 valence electrons. The lowest BCUT2D eigenvalue weighted by Gasteiger charge is -2.35. The molecule has 0 spiro atoms. The molecule has 1 unspecified atom stereocenters. The highest BCUT2D eigenvalue weighted by Gasteiger charge is 2.23. The fraction of sp³-hybridized carbons (Fsp3) is 0.625. The predicted molar refractivity (Wildman–Crippen MR) is 87.7 cm³/mol. The normalized spacial score (nSPS) is 19.7. The topological polar surface area (TPSA) is 49.4 Å².